The van der Waals surface area contributed by atoms with E-state index in [0.29, 0.717) is 9.88 Å². The molecule has 178 valence electrons. The van der Waals surface area contributed by atoms with Crippen LogP contribution in [0.4, 0.5) is 10.1 Å². The molecule has 0 unspecified atom stereocenters. The number of pyridine rings is 1. The molecular formula is C24H14FN5O4S2. The molecule has 0 atom stereocenters. The van der Waals surface area contributed by atoms with Crippen molar-refractivity contribution in [1.82, 2.24) is 15.3 Å². The third-order valence-corrected chi connectivity index (χ3v) is 8.27. The number of anilines is 1. The second-order valence-corrected chi connectivity index (χ2v) is 10.7. The van der Waals surface area contributed by atoms with Gasteiger partial charge in [-0.1, -0.05) is 0 Å². The van der Waals surface area contributed by atoms with Crippen molar-refractivity contribution in [2.45, 2.75) is 16.3 Å². The van der Waals surface area contributed by atoms with Crippen molar-refractivity contribution < 1.29 is 22.4 Å². The summed E-state index contributed by atoms with van der Waals surface area (Å²) >= 11 is 1.18. The van der Waals surface area contributed by atoms with Crippen LogP contribution in [0, 0.1) is 17.1 Å². The average Bonchev–Trinajstić information content (AvgIpc) is 3.32. The van der Waals surface area contributed by atoms with Crippen LogP contribution in [0.5, 0.6) is 0 Å². The number of sulfone groups is 1. The largest absolute Gasteiger partial charge is 0.347 e. The Morgan fingerprint density at radius 2 is 1.94 bits per heavy atom. The van der Waals surface area contributed by atoms with E-state index in [-0.39, 0.29) is 44.3 Å². The number of carbonyl (C=O) groups excluding carboxylic acids is 2. The minimum Gasteiger partial charge on any atom is -0.347 e. The van der Waals surface area contributed by atoms with E-state index in [0.717, 1.165) is 12.3 Å². The van der Waals surface area contributed by atoms with Crippen LogP contribution in [0.15, 0.2) is 70.8 Å². The molecule has 1 aliphatic rings. The zero-order chi connectivity index (χ0) is 25.4. The number of halogens is 1. The monoisotopic (exact) mass is 519 g/mol. The maximum atomic E-state index is 14.3. The number of aromatic nitrogens is 2. The second-order valence-electron chi connectivity index (χ2n) is 7.66. The number of fused-ring (bicyclic) bond motifs is 2. The number of nitrogens with zero attached hydrogens (tertiary/aromatic N) is 3. The van der Waals surface area contributed by atoms with Crippen molar-refractivity contribution in [3.63, 3.8) is 0 Å². The van der Waals surface area contributed by atoms with Gasteiger partial charge in [-0.3, -0.25) is 14.6 Å². The predicted octanol–water partition coefficient (Wildman–Crippen LogP) is 3.54. The van der Waals surface area contributed by atoms with Crippen molar-refractivity contribution in [2.75, 3.05) is 5.32 Å². The topological polar surface area (TPSA) is 142 Å². The van der Waals surface area contributed by atoms with Gasteiger partial charge in [-0.15, -0.1) is 11.3 Å². The molecule has 0 saturated heterocycles. The van der Waals surface area contributed by atoms with E-state index in [4.69, 9.17) is 5.26 Å². The molecule has 0 spiro atoms. The average molecular weight is 520 g/mol. The molecule has 5 rings (SSSR count). The van der Waals surface area contributed by atoms with E-state index in [9.17, 15) is 22.4 Å². The van der Waals surface area contributed by atoms with Crippen molar-refractivity contribution in [3.05, 3.63) is 88.4 Å². The first-order chi connectivity index (χ1) is 17.3. The molecule has 4 aromatic rings. The van der Waals surface area contributed by atoms with Crippen molar-refractivity contribution >= 4 is 38.7 Å². The molecule has 2 aromatic carbocycles. The molecule has 36 heavy (non-hydrogen) atoms. The van der Waals surface area contributed by atoms with Crippen LogP contribution in [0.3, 0.4) is 0 Å². The second kappa shape index (κ2) is 8.95. The normalized spacial score (nSPS) is 13.5. The van der Waals surface area contributed by atoms with Crippen molar-refractivity contribution in [1.29, 1.82) is 5.26 Å². The van der Waals surface area contributed by atoms with Crippen LogP contribution in [0.1, 0.15) is 31.2 Å². The lowest BCUT2D eigenvalue weighted by atomic mass is 10.1. The van der Waals surface area contributed by atoms with Gasteiger partial charge < -0.3 is 10.6 Å². The Hall–Kier alpha value is -4.47. The summed E-state index contributed by atoms with van der Waals surface area (Å²) in [5, 5.41) is 14.5. The number of hydrogen-bond donors (Lipinski definition) is 2. The van der Waals surface area contributed by atoms with Gasteiger partial charge in [0, 0.05) is 34.6 Å². The molecule has 9 nitrogen and oxygen atoms in total. The van der Waals surface area contributed by atoms with Crippen LogP contribution >= 0.6 is 11.3 Å². The molecule has 2 aromatic heterocycles. The third-order valence-electron chi connectivity index (χ3n) is 5.40. The van der Waals surface area contributed by atoms with Gasteiger partial charge in [0.05, 0.1) is 34.3 Å². The molecule has 2 amide bonds. The molecule has 0 radical (unpaired) electrons. The van der Waals surface area contributed by atoms with E-state index in [1.54, 1.807) is 0 Å². The molecule has 0 bridgehead atoms. The number of carbonyl (C=O) groups is 2. The van der Waals surface area contributed by atoms with Gasteiger partial charge >= 0.3 is 0 Å². The standard InChI is InChI=1S/C24H14FN5O4S2/c25-18-7-13(9-26)1-3-16(18)24-29-11-15(35-24)10-28-22(31)14-2-4-20-19(8-14)30-23(32)17-5-6-27-12-21(17)36(20,33)34/h1-8,11-12H,10H2,(H,28,31)(H,30,32). The van der Waals surface area contributed by atoms with E-state index in [1.807, 2.05) is 6.07 Å². The fraction of sp³-hybridized carbons (Fsp3) is 0.0417. The minimum atomic E-state index is -4.03. The summed E-state index contributed by atoms with van der Waals surface area (Å²) < 4.78 is 40.4. The predicted molar refractivity (Wildman–Crippen MR) is 127 cm³/mol. The number of benzene rings is 2. The van der Waals surface area contributed by atoms with E-state index >= 15 is 0 Å². The summed E-state index contributed by atoms with van der Waals surface area (Å²) in [5.41, 5.74) is 0.532. The Balaban J connectivity index is 1.35. The fourth-order valence-corrected chi connectivity index (χ4v) is 6.05. The molecule has 0 fully saturated rings. The Bertz CT molecular complexity index is 1710. The molecule has 12 heteroatoms. The fourth-order valence-electron chi connectivity index (χ4n) is 3.63. The third kappa shape index (κ3) is 4.10. The lowest BCUT2D eigenvalue weighted by molar-refractivity contribution is 0.0949. The number of thiazole rings is 1. The maximum absolute atomic E-state index is 14.3. The molecule has 3 heterocycles. The van der Waals surface area contributed by atoms with Gasteiger partial charge in [0.15, 0.2) is 0 Å². The number of nitrogens with one attached hydrogen (secondary N) is 2. The lowest BCUT2D eigenvalue weighted by Crippen LogP contribution is -2.22. The molecule has 2 N–H and O–H groups in total. The Labute approximate surface area is 208 Å². The van der Waals surface area contributed by atoms with Gasteiger partial charge in [0.2, 0.25) is 9.84 Å². The van der Waals surface area contributed by atoms with Gasteiger partial charge in [-0.2, -0.15) is 5.26 Å². The molecule has 1 aliphatic heterocycles. The van der Waals surface area contributed by atoms with Gasteiger partial charge in [0.1, 0.15) is 15.7 Å². The smallest absolute Gasteiger partial charge is 0.257 e. The first-order valence-corrected chi connectivity index (χ1v) is 12.7. The van der Waals surface area contributed by atoms with E-state index < -0.39 is 27.5 Å². The van der Waals surface area contributed by atoms with E-state index in [1.165, 1.54) is 60.1 Å². The summed E-state index contributed by atoms with van der Waals surface area (Å²) in [5.74, 6) is -1.70. The Morgan fingerprint density at radius 1 is 1.11 bits per heavy atom. The molecule has 0 aliphatic carbocycles. The van der Waals surface area contributed by atoms with Crippen LogP contribution in [-0.2, 0) is 16.4 Å². The number of rotatable bonds is 4. The van der Waals surface area contributed by atoms with Gasteiger partial charge in [0.25, 0.3) is 11.8 Å². The number of amides is 2. The quantitative estimate of drug-likeness (QED) is 0.420. The van der Waals surface area contributed by atoms with Crippen LogP contribution in [-0.4, -0.2) is 30.2 Å². The van der Waals surface area contributed by atoms with E-state index in [2.05, 4.69) is 20.6 Å². The highest BCUT2D eigenvalue weighted by molar-refractivity contribution is 7.91. The first kappa shape index (κ1) is 23.3. The summed E-state index contributed by atoms with van der Waals surface area (Å²) in [6.45, 7) is 0.0905. The number of nitriles is 1. The minimum absolute atomic E-state index is 0.0137. The lowest BCUT2D eigenvalue weighted by Gasteiger charge is -2.10. The van der Waals surface area contributed by atoms with Crippen LogP contribution < -0.4 is 10.6 Å². The van der Waals surface area contributed by atoms with Gasteiger partial charge in [-0.05, 0) is 42.5 Å². The van der Waals surface area contributed by atoms with Crippen molar-refractivity contribution in [2.24, 2.45) is 0 Å². The molecular weight excluding hydrogens is 505 g/mol. The Morgan fingerprint density at radius 3 is 2.72 bits per heavy atom. The maximum Gasteiger partial charge on any atom is 0.257 e. The van der Waals surface area contributed by atoms with Gasteiger partial charge in [-0.25, -0.2) is 17.8 Å². The first-order valence-electron chi connectivity index (χ1n) is 10.4. The van der Waals surface area contributed by atoms with Crippen LogP contribution in [0.25, 0.3) is 10.6 Å². The summed E-state index contributed by atoms with van der Waals surface area (Å²) in [6, 6.07) is 11.2. The van der Waals surface area contributed by atoms with Crippen molar-refractivity contribution in [3.8, 4) is 16.6 Å². The highest BCUT2D eigenvalue weighted by Gasteiger charge is 2.31. The SMILES string of the molecule is N#Cc1ccc(-c2ncc(CNC(=O)c3ccc4c(c3)NC(=O)c3ccncc3S4(=O)=O)s2)c(F)c1. The molecule has 0 saturated carbocycles. The zero-order valence-corrected chi connectivity index (χ0v) is 19.8. The number of hydrogen-bond acceptors (Lipinski definition) is 8. The highest BCUT2D eigenvalue weighted by Crippen LogP contribution is 2.34. The zero-order valence-electron chi connectivity index (χ0n) is 18.1. The summed E-state index contributed by atoms with van der Waals surface area (Å²) in [4.78, 5) is 33.6. The Kier molecular flexibility index (Phi) is 5.79. The summed E-state index contributed by atoms with van der Waals surface area (Å²) in [6.07, 6.45) is 3.95. The van der Waals surface area contributed by atoms with Crippen LogP contribution in [0.2, 0.25) is 0 Å². The highest BCUT2D eigenvalue weighted by atomic mass is 32.2. The summed E-state index contributed by atoms with van der Waals surface area (Å²) in [7, 11) is -4.03.